The molecule has 0 aromatic heterocycles. The van der Waals surface area contributed by atoms with Crippen LogP contribution >= 0.6 is 0 Å². The lowest BCUT2D eigenvalue weighted by atomic mass is 9.84. The number of nitrogens with one attached hydrogen (secondary N) is 1. The topological polar surface area (TPSA) is 41.6 Å². The number of hydrogen-bond acceptors (Lipinski definition) is 4. The van der Waals surface area contributed by atoms with E-state index in [0.29, 0.717) is 25.1 Å². The van der Waals surface area contributed by atoms with Crippen molar-refractivity contribution in [3.8, 4) is 0 Å². The number of likely N-dealkylation sites (N-methyl/N-ethyl adjacent to an activating group) is 1. The molecular weight excluding hydrogens is 264 g/mol. The third-order valence-electron chi connectivity index (χ3n) is 4.53. The molecule has 3 unspecified atom stereocenters. The van der Waals surface area contributed by atoms with Crippen molar-refractivity contribution in [2.24, 2.45) is 5.92 Å². The van der Waals surface area contributed by atoms with Crippen LogP contribution in [0.25, 0.3) is 0 Å². The van der Waals surface area contributed by atoms with Crippen LogP contribution in [-0.2, 0) is 9.53 Å². The molecular formula is C17H34N2O2. The summed E-state index contributed by atoms with van der Waals surface area (Å²) in [6, 6.07) is 0.818. The van der Waals surface area contributed by atoms with Gasteiger partial charge in [0, 0.05) is 18.6 Å². The van der Waals surface area contributed by atoms with Gasteiger partial charge in [0.25, 0.3) is 0 Å². The van der Waals surface area contributed by atoms with Crippen LogP contribution in [-0.4, -0.2) is 48.7 Å². The Morgan fingerprint density at radius 2 is 2.00 bits per heavy atom. The average Bonchev–Trinajstić information content (AvgIpc) is 2.38. The third-order valence-corrected chi connectivity index (χ3v) is 4.53. The van der Waals surface area contributed by atoms with Crippen molar-refractivity contribution < 1.29 is 9.53 Å². The molecule has 1 fully saturated rings. The molecule has 0 bridgehead atoms. The summed E-state index contributed by atoms with van der Waals surface area (Å²) in [5.74, 6) is 0.559. The maximum Gasteiger partial charge on any atom is 0.327 e. The molecule has 4 heteroatoms. The summed E-state index contributed by atoms with van der Waals surface area (Å²) in [5, 5.41) is 3.41. The van der Waals surface area contributed by atoms with E-state index in [9.17, 15) is 4.79 Å². The Labute approximate surface area is 130 Å². The molecule has 0 spiro atoms. The Morgan fingerprint density at radius 1 is 1.38 bits per heavy atom. The molecule has 1 rings (SSSR count). The van der Waals surface area contributed by atoms with Crippen LogP contribution < -0.4 is 5.32 Å². The molecule has 4 nitrogen and oxygen atoms in total. The first-order chi connectivity index (χ1) is 9.80. The Hall–Kier alpha value is -0.610. The molecule has 0 aliphatic heterocycles. The number of nitrogens with zero attached hydrogens (tertiary/aromatic N) is 1. The molecule has 0 amide bonds. The van der Waals surface area contributed by atoms with Gasteiger partial charge in [0.2, 0.25) is 0 Å². The largest absolute Gasteiger partial charge is 0.465 e. The molecule has 0 saturated heterocycles. The monoisotopic (exact) mass is 298 g/mol. The van der Waals surface area contributed by atoms with Crippen LogP contribution in [0.4, 0.5) is 0 Å². The lowest BCUT2D eigenvalue weighted by Crippen LogP contribution is -2.60. The van der Waals surface area contributed by atoms with Gasteiger partial charge in [0.1, 0.15) is 5.54 Å². The van der Waals surface area contributed by atoms with Gasteiger partial charge >= 0.3 is 5.97 Å². The van der Waals surface area contributed by atoms with Gasteiger partial charge in [0.15, 0.2) is 0 Å². The van der Waals surface area contributed by atoms with E-state index in [-0.39, 0.29) is 12.0 Å². The molecule has 21 heavy (non-hydrogen) atoms. The first-order valence-corrected chi connectivity index (χ1v) is 8.45. The molecule has 0 aromatic carbocycles. The lowest BCUT2D eigenvalue weighted by molar-refractivity contribution is -0.152. The predicted octanol–water partition coefficient (Wildman–Crippen LogP) is 2.82. The Kier molecular flexibility index (Phi) is 7.14. The van der Waals surface area contributed by atoms with E-state index in [4.69, 9.17) is 4.74 Å². The van der Waals surface area contributed by atoms with Gasteiger partial charge in [-0.25, -0.2) is 0 Å². The van der Waals surface area contributed by atoms with E-state index in [1.165, 1.54) is 25.7 Å². The summed E-state index contributed by atoms with van der Waals surface area (Å²) in [5.41, 5.74) is -0.643. The fraction of sp³-hybridized carbons (Fsp3) is 0.941. The molecule has 1 N–H and O–H groups in total. The third kappa shape index (κ3) is 5.26. The van der Waals surface area contributed by atoms with Crippen LogP contribution in [0.15, 0.2) is 0 Å². The zero-order chi connectivity index (χ0) is 16.0. The maximum absolute atomic E-state index is 12.4. The van der Waals surface area contributed by atoms with E-state index in [2.05, 4.69) is 38.0 Å². The first-order valence-electron chi connectivity index (χ1n) is 8.45. The molecule has 3 atom stereocenters. The Balaban J connectivity index is 2.76. The van der Waals surface area contributed by atoms with Crippen LogP contribution in [0.5, 0.6) is 0 Å². The molecule has 1 aliphatic rings. The highest BCUT2D eigenvalue weighted by Crippen LogP contribution is 2.28. The summed E-state index contributed by atoms with van der Waals surface area (Å²) in [7, 11) is 2.14. The second-order valence-electron chi connectivity index (χ2n) is 7.10. The normalized spacial score (nSPS) is 25.9. The van der Waals surface area contributed by atoms with Crippen molar-refractivity contribution in [3.63, 3.8) is 0 Å². The van der Waals surface area contributed by atoms with Gasteiger partial charge in [0.05, 0.1) is 6.61 Å². The highest BCUT2D eigenvalue weighted by molar-refractivity contribution is 5.80. The number of hydrogen-bond donors (Lipinski definition) is 1. The summed E-state index contributed by atoms with van der Waals surface area (Å²) < 4.78 is 5.29. The quantitative estimate of drug-likeness (QED) is 0.734. The SMILES string of the molecule is CCOC(=O)C(C)(CN(C)C1CCCCC1C)NC(C)C. The molecule has 124 valence electrons. The van der Waals surface area contributed by atoms with E-state index in [1.807, 2.05) is 13.8 Å². The maximum atomic E-state index is 12.4. The van der Waals surface area contributed by atoms with Crippen LogP contribution in [0.2, 0.25) is 0 Å². The molecule has 0 radical (unpaired) electrons. The average molecular weight is 298 g/mol. The Bertz CT molecular complexity index is 333. The number of rotatable bonds is 7. The van der Waals surface area contributed by atoms with Crippen LogP contribution in [0, 0.1) is 5.92 Å². The summed E-state index contributed by atoms with van der Waals surface area (Å²) in [6.45, 7) is 11.4. The van der Waals surface area contributed by atoms with Gasteiger partial charge in [-0.3, -0.25) is 10.1 Å². The van der Waals surface area contributed by atoms with Crippen molar-refractivity contribution in [3.05, 3.63) is 0 Å². The number of carbonyl (C=O) groups excluding carboxylic acids is 1. The minimum absolute atomic E-state index is 0.144. The second-order valence-corrected chi connectivity index (χ2v) is 7.10. The number of esters is 1. The van der Waals surface area contributed by atoms with E-state index < -0.39 is 5.54 Å². The highest BCUT2D eigenvalue weighted by Gasteiger charge is 2.38. The minimum atomic E-state index is -0.643. The zero-order valence-corrected chi connectivity index (χ0v) is 14.7. The number of ether oxygens (including phenoxy) is 1. The molecule has 0 heterocycles. The molecule has 1 aliphatic carbocycles. The second kappa shape index (κ2) is 8.14. The zero-order valence-electron chi connectivity index (χ0n) is 14.7. The van der Waals surface area contributed by atoms with Crippen LogP contribution in [0.1, 0.15) is 60.3 Å². The van der Waals surface area contributed by atoms with Gasteiger partial charge in [-0.05, 0) is 53.5 Å². The minimum Gasteiger partial charge on any atom is -0.465 e. The van der Waals surface area contributed by atoms with E-state index in [1.54, 1.807) is 0 Å². The van der Waals surface area contributed by atoms with Crippen LogP contribution in [0.3, 0.4) is 0 Å². The molecule has 0 aromatic rings. The van der Waals surface area contributed by atoms with Gasteiger partial charge < -0.3 is 9.64 Å². The fourth-order valence-electron chi connectivity index (χ4n) is 3.66. The van der Waals surface area contributed by atoms with Gasteiger partial charge in [-0.2, -0.15) is 0 Å². The standard InChI is InChI=1S/C17H34N2O2/c1-7-21-16(20)17(5,18-13(2)3)12-19(6)15-11-9-8-10-14(15)4/h13-15,18H,7-12H2,1-6H3. The summed E-state index contributed by atoms with van der Waals surface area (Å²) >= 11 is 0. The van der Waals surface area contributed by atoms with Crippen molar-refractivity contribution >= 4 is 5.97 Å². The number of carbonyl (C=O) groups is 1. The van der Waals surface area contributed by atoms with E-state index in [0.717, 1.165) is 0 Å². The molecule has 1 saturated carbocycles. The van der Waals surface area contributed by atoms with Crippen molar-refractivity contribution in [1.82, 2.24) is 10.2 Å². The fourth-order valence-corrected chi connectivity index (χ4v) is 3.66. The van der Waals surface area contributed by atoms with Gasteiger partial charge in [-0.1, -0.05) is 19.8 Å². The van der Waals surface area contributed by atoms with Crippen molar-refractivity contribution in [2.75, 3.05) is 20.2 Å². The summed E-state index contributed by atoms with van der Waals surface area (Å²) in [6.07, 6.45) is 5.17. The summed E-state index contributed by atoms with van der Waals surface area (Å²) in [4.78, 5) is 14.7. The van der Waals surface area contributed by atoms with E-state index >= 15 is 0 Å². The predicted molar refractivity (Wildman–Crippen MR) is 87.4 cm³/mol. The van der Waals surface area contributed by atoms with Crippen molar-refractivity contribution in [2.45, 2.75) is 77.9 Å². The lowest BCUT2D eigenvalue weighted by Gasteiger charge is -2.41. The first kappa shape index (κ1) is 18.4. The van der Waals surface area contributed by atoms with Gasteiger partial charge in [-0.15, -0.1) is 0 Å². The smallest absolute Gasteiger partial charge is 0.327 e. The Morgan fingerprint density at radius 3 is 2.52 bits per heavy atom. The highest BCUT2D eigenvalue weighted by atomic mass is 16.5. The van der Waals surface area contributed by atoms with Crippen molar-refractivity contribution in [1.29, 1.82) is 0 Å².